The summed E-state index contributed by atoms with van der Waals surface area (Å²) < 4.78 is 5.72. The fourth-order valence-corrected chi connectivity index (χ4v) is 6.14. The van der Waals surface area contributed by atoms with Gasteiger partial charge in [0.15, 0.2) is 0 Å². The van der Waals surface area contributed by atoms with Gasteiger partial charge in [0.2, 0.25) is 5.91 Å². The summed E-state index contributed by atoms with van der Waals surface area (Å²) in [5.41, 5.74) is 5.64. The molecular formula is C33H37N3O5. The number of carbonyl (C=O) groups excluding carboxylic acids is 2. The Hall–Kier alpha value is -4.17. The first kappa shape index (κ1) is 28.4. The SMILES string of the molecule is CN(Cc1ccccc1)CC(NC(=O)C1CCCCC1NC(=O)OCC1c2ccccc2-c2ccccc21)C(=O)O. The number of alkyl carbamates (subject to hydrolysis) is 1. The fraction of sp³-hybridized carbons (Fsp3) is 0.364. The van der Waals surface area contributed by atoms with Crippen LogP contribution in [0.5, 0.6) is 0 Å². The molecule has 1 fully saturated rings. The van der Waals surface area contributed by atoms with E-state index in [1.54, 1.807) is 0 Å². The molecule has 0 aromatic heterocycles. The molecule has 3 aromatic carbocycles. The highest BCUT2D eigenvalue weighted by Gasteiger charge is 2.35. The number of aliphatic carboxylic acids is 1. The van der Waals surface area contributed by atoms with E-state index in [2.05, 4.69) is 34.9 Å². The lowest BCUT2D eigenvalue weighted by molar-refractivity contribution is -0.143. The van der Waals surface area contributed by atoms with Gasteiger partial charge in [0.05, 0.1) is 5.92 Å². The fourth-order valence-electron chi connectivity index (χ4n) is 6.14. The molecule has 8 heteroatoms. The van der Waals surface area contributed by atoms with Gasteiger partial charge in [-0.15, -0.1) is 0 Å². The second kappa shape index (κ2) is 13.0. The highest BCUT2D eigenvalue weighted by Crippen LogP contribution is 2.44. The molecule has 8 nitrogen and oxygen atoms in total. The van der Waals surface area contributed by atoms with Gasteiger partial charge in [0.25, 0.3) is 0 Å². The van der Waals surface area contributed by atoms with Crippen LogP contribution in [0.3, 0.4) is 0 Å². The second-order valence-corrected chi connectivity index (χ2v) is 11.0. The Morgan fingerprint density at radius 1 is 0.902 bits per heavy atom. The molecule has 2 aliphatic carbocycles. The Balaban J connectivity index is 1.18. The summed E-state index contributed by atoms with van der Waals surface area (Å²) in [6.45, 7) is 0.918. The third kappa shape index (κ3) is 6.77. The lowest BCUT2D eigenvalue weighted by Crippen LogP contribution is -2.54. The summed E-state index contributed by atoms with van der Waals surface area (Å²) in [5.74, 6) is -2.02. The summed E-state index contributed by atoms with van der Waals surface area (Å²) in [4.78, 5) is 40.1. The number of ether oxygens (including phenoxy) is 1. The van der Waals surface area contributed by atoms with Crippen molar-refractivity contribution in [3.05, 3.63) is 95.6 Å². The van der Waals surface area contributed by atoms with Gasteiger partial charge < -0.3 is 20.5 Å². The summed E-state index contributed by atoms with van der Waals surface area (Å²) >= 11 is 0. The third-order valence-electron chi connectivity index (χ3n) is 8.15. The molecule has 214 valence electrons. The monoisotopic (exact) mass is 555 g/mol. The van der Waals surface area contributed by atoms with Crippen molar-refractivity contribution in [1.82, 2.24) is 15.5 Å². The molecule has 3 N–H and O–H groups in total. The first-order valence-corrected chi connectivity index (χ1v) is 14.3. The van der Waals surface area contributed by atoms with E-state index in [1.165, 1.54) is 0 Å². The number of hydrogen-bond acceptors (Lipinski definition) is 5. The standard InChI is InChI=1S/C33H37N3O5/c1-36(19-22-11-3-2-4-12-22)20-30(32(38)39)34-31(37)27-17-9-10-18-29(27)35-33(40)41-21-28-25-15-7-5-13-23(25)24-14-6-8-16-26(24)28/h2-8,11-16,27-30H,9-10,17-21H2,1H3,(H,34,37)(H,35,40)(H,38,39). The quantitative estimate of drug-likeness (QED) is 0.332. The van der Waals surface area contributed by atoms with Crippen molar-refractivity contribution in [3.63, 3.8) is 0 Å². The smallest absolute Gasteiger partial charge is 0.407 e. The molecular weight excluding hydrogens is 518 g/mol. The van der Waals surface area contributed by atoms with E-state index in [4.69, 9.17) is 4.74 Å². The average Bonchev–Trinajstić information content (AvgIpc) is 3.30. The number of amides is 2. The van der Waals surface area contributed by atoms with Crippen molar-refractivity contribution in [2.45, 2.75) is 50.2 Å². The molecule has 0 bridgehead atoms. The highest BCUT2D eigenvalue weighted by atomic mass is 16.5. The molecule has 1 saturated carbocycles. The second-order valence-electron chi connectivity index (χ2n) is 11.0. The van der Waals surface area contributed by atoms with Crippen LogP contribution in [0, 0.1) is 5.92 Å². The van der Waals surface area contributed by atoms with Gasteiger partial charge in [-0.2, -0.15) is 0 Å². The van der Waals surface area contributed by atoms with Gasteiger partial charge in [0, 0.05) is 25.0 Å². The molecule has 41 heavy (non-hydrogen) atoms. The first-order valence-electron chi connectivity index (χ1n) is 14.3. The van der Waals surface area contributed by atoms with E-state index in [0.29, 0.717) is 19.4 Å². The van der Waals surface area contributed by atoms with E-state index >= 15 is 0 Å². The molecule has 0 saturated heterocycles. The van der Waals surface area contributed by atoms with Crippen LogP contribution in [-0.4, -0.2) is 60.3 Å². The number of likely N-dealkylation sites (N-methyl/N-ethyl adjacent to an activating group) is 1. The van der Waals surface area contributed by atoms with Crippen LogP contribution in [-0.2, 0) is 20.9 Å². The number of nitrogens with one attached hydrogen (secondary N) is 2. The minimum Gasteiger partial charge on any atom is -0.480 e. The molecule has 3 unspecified atom stereocenters. The largest absolute Gasteiger partial charge is 0.480 e. The van der Waals surface area contributed by atoms with Gasteiger partial charge in [-0.05, 0) is 47.7 Å². The van der Waals surface area contributed by atoms with Crippen molar-refractivity contribution < 1.29 is 24.2 Å². The zero-order valence-corrected chi connectivity index (χ0v) is 23.3. The minimum atomic E-state index is -1.09. The summed E-state index contributed by atoms with van der Waals surface area (Å²) in [7, 11) is 1.83. The van der Waals surface area contributed by atoms with E-state index in [0.717, 1.165) is 40.7 Å². The van der Waals surface area contributed by atoms with Crippen LogP contribution < -0.4 is 10.6 Å². The van der Waals surface area contributed by atoms with Gasteiger partial charge in [-0.1, -0.05) is 91.7 Å². The number of nitrogens with zero attached hydrogens (tertiary/aromatic N) is 1. The molecule has 3 aromatic rings. The normalized spacial score (nSPS) is 18.7. The number of carboxylic acid groups (broad SMARTS) is 1. The van der Waals surface area contributed by atoms with Crippen LogP contribution in [0.4, 0.5) is 4.79 Å². The molecule has 5 rings (SSSR count). The minimum absolute atomic E-state index is 0.0530. The zero-order valence-electron chi connectivity index (χ0n) is 23.3. The van der Waals surface area contributed by atoms with Crippen molar-refractivity contribution in [3.8, 4) is 11.1 Å². The van der Waals surface area contributed by atoms with Crippen LogP contribution in [0.2, 0.25) is 0 Å². The first-order chi connectivity index (χ1) is 19.9. The molecule has 0 radical (unpaired) electrons. The van der Waals surface area contributed by atoms with Crippen LogP contribution in [0.15, 0.2) is 78.9 Å². The Morgan fingerprint density at radius 2 is 1.51 bits per heavy atom. The van der Waals surface area contributed by atoms with Crippen LogP contribution in [0.1, 0.15) is 48.3 Å². The molecule has 0 aliphatic heterocycles. The molecule has 3 atom stereocenters. The van der Waals surface area contributed by atoms with E-state index in [-0.39, 0.29) is 25.0 Å². The van der Waals surface area contributed by atoms with Gasteiger partial charge in [0.1, 0.15) is 12.6 Å². The van der Waals surface area contributed by atoms with Crippen molar-refractivity contribution in [1.29, 1.82) is 0 Å². The lowest BCUT2D eigenvalue weighted by Gasteiger charge is -2.32. The lowest BCUT2D eigenvalue weighted by atomic mass is 9.83. The topological polar surface area (TPSA) is 108 Å². The van der Waals surface area contributed by atoms with Crippen LogP contribution in [0.25, 0.3) is 11.1 Å². The number of carbonyl (C=O) groups is 3. The van der Waals surface area contributed by atoms with E-state index < -0.39 is 30.1 Å². The molecule has 2 amide bonds. The predicted molar refractivity (Wildman–Crippen MR) is 156 cm³/mol. The Kier molecular flexibility index (Phi) is 8.99. The maximum atomic E-state index is 13.3. The maximum absolute atomic E-state index is 13.3. The number of hydrogen-bond donors (Lipinski definition) is 3. The Morgan fingerprint density at radius 3 is 2.17 bits per heavy atom. The third-order valence-corrected chi connectivity index (χ3v) is 8.15. The van der Waals surface area contributed by atoms with Gasteiger partial charge in [-0.25, -0.2) is 9.59 Å². The Labute approximate surface area is 240 Å². The number of rotatable bonds is 10. The average molecular weight is 556 g/mol. The molecule has 0 spiro atoms. The van der Waals surface area contributed by atoms with Gasteiger partial charge in [-0.3, -0.25) is 9.69 Å². The van der Waals surface area contributed by atoms with Crippen molar-refractivity contribution in [2.24, 2.45) is 5.92 Å². The number of carboxylic acids is 1. The molecule has 0 heterocycles. The zero-order chi connectivity index (χ0) is 28.8. The van der Waals surface area contributed by atoms with Crippen molar-refractivity contribution in [2.75, 3.05) is 20.2 Å². The van der Waals surface area contributed by atoms with Crippen LogP contribution >= 0.6 is 0 Å². The highest BCUT2D eigenvalue weighted by molar-refractivity contribution is 5.86. The van der Waals surface area contributed by atoms with Gasteiger partial charge >= 0.3 is 12.1 Å². The summed E-state index contributed by atoms with van der Waals surface area (Å²) in [6.07, 6.45) is 2.36. The van der Waals surface area contributed by atoms with Crippen molar-refractivity contribution >= 4 is 18.0 Å². The Bertz CT molecular complexity index is 1330. The van der Waals surface area contributed by atoms with E-state index in [9.17, 15) is 19.5 Å². The summed E-state index contributed by atoms with van der Waals surface area (Å²) in [6, 6.07) is 24.6. The number of benzene rings is 3. The maximum Gasteiger partial charge on any atom is 0.407 e. The predicted octanol–water partition coefficient (Wildman–Crippen LogP) is 4.79. The molecule has 2 aliphatic rings. The van der Waals surface area contributed by atoms with E-state index in [1.807, 2.05) is 66.5 Å². The summed E-state index contributed by atoms with van der Waals surface area (Å²) in [5, 5.41) is 15.5. The number of fused-ring (bicyclic) bond motifs is 3.